The molecule has 0 saturated carbocycles. The van der Waals surface area contributed by atoms with Crippen molar-refractivity contribution in [2.45, 2.75) is 39.0 Å². The minimum atomic E-state index is -0.960. The molecule has 3 rings (SSSR count). The predicted octanol–water partition coefficient (Wildman–Crippen LogP) is 2.63. The summed E-state index contributed by atoms with van der Waals surface area (Å²) in [4.78, 5) is 40.4. The Morgan fingerprint density at radius 3 is 2.38 bits per heavy atom. The van der Waals surface area contributed by atoms with E-state index < -0.39 is 30.0 Å². The number of alkyl carbamates (subject to hydrolysis) is 1. The number of primary amides is 1. The lowest BCUT2D eigenvalue weighted by atomic mass is 10.0. The van der Waals surface area contributed by atoms with E-state index >= 15 is 0 Å². The number of rotatable bonds is 9. The van der Waals surface area contributed by atoms with Gasteiger partial charge in [-0.15, -0.1) is 0 Å². The van der Waals surface area contributed by atoms with Crippen LogP contribution in [0.15, 0.2) is 60.8 Å². The molecule has 0 aliphatic heterocycles. The van der Waals surface area contributed by atoms with Gasteiger partial charge in [0.25, 0.3) is 0 Å². The number of carbonyl (C=O) groups is 3. The molecule has 0 fully saturated rings. The second-order valence-corrected chi connectivity index (χ2v) is 7.95. The summed E-state index contributed by atoms with van der Waals surface area (Å²) in [5.74, 6) is -1.34. The smallest absolute Gasteiger partial charge is 0.408 e. The SMILES string of the molecule is CC(C)C(NC(=O)C(Cc1c[nH]c2ccccc12)NC(=O)OCc1ccccc1)C(N)=O. The summed E-state index contributed by atoms with van der Waals surface area (Å²) in [6.45, 7) is 3.64. The Morgan fingerprint density at radius 2 is 1.69 bits per heavy atom. The number of hydrogen-bond donors (Lipinski definition) is 4. The van der Waals surface area contributed by atoms with Gasteiger partial charge < -0.3 is 26.1 Å². The maximum Gasteiger partial charge on any atom is 0.408 e. The van der Waals surface area contributed by atoms with Crippen LogP contribution in [-0.4, -0.2) is 35.0 Å². The van der Waals surface area contributed by atoms with Crippen molar-refractivity contribution in [3.8, 4) is 0 Å². The Kier molecular flexibility index (Phi) is 7.49. The van der Waals surface area contributed by atoms with Gasteiger partial charge in [-0.3, -0.25) is 9.59 Å². The molecule has 0 spiro atoms. The fourth-order valence-electron chi connectivity index (χ4n) is 3.46. The Hall–Kier alpha value is -3.81. The highest BCUT2D eigenvalue weighted by molar-refractivity contribution is 5.92. The highest BCUT2D eigenvalue weighted by Crippen LogP contribution is 2.19. The first-order valence-electron chi connectivity index (χ1n) is 10.5. The number of amides is 3. The van der Waals surface area contributed by atoms with Crippen LogP contribution in [0.2, 0.25) is 0 Å². The lowest BCUT2D eigenvalue weighted by Gasteiger charge is -2.23. The highest BCUT2D eigenvalue weighted by atomic mass is 16.5. The third-order valence-electron chi connectivity index (χ3n) is 5.19. The summed E-state index contributed by atoms with van der Waals surface area (Å²) in [6, 6.07) is 15.1. The van der Waals surface area contributed by atoms with Crippen molar-refractivity contribution < 1.29 is 19.1 Å². The van der Waals surface area contributed by atoms with Gasteiger partial charge in [0.05, 0.1) is 0 Å². The van der Waals surface area contributed by atoms with Crippen LogP contribution in [0.5, 0.6) is 0 Å². The Balaban J connectivity index is 1.75. The zero-order valence-corrected chi connectivity index (χ0v) is 18.1. The zero-order chi connectivity index (χ0) is 23.1. The van der Waals surface area contributed by atoms with Crippen LogP contribution in [0.25, 0.3) is 10.9 Å². The van der Waals surface area contributed by atoms with E-state index in [4.69, 9.17) is 10.5 Å². The Morgan fingerprint density at radius 1 is 1.00 bits per heavy atom. The molecule has 168 valence electrons. The van der Waals surface area contributed by atoms with Crippen LogP contribution < -0.4 is 16.4 Å². The molecular weight excluding hydrogens is 408 g/mol. The van der Waals surface area contributed by atoms with E-state index in [1.807, 2.05) is 54.6 Å². The molecule has 1 aromatic heterocycles. The number of hydrogen-bond acceptors (Lipinski definition) is 4. The topological polar surface area (TPSA) is 126 Å². The van der Waals surface area contributed by atoms with Crippen LogP contribution in [0.3, 0.4) is 0 Å². The predicted molar refractivity (Wildman–Crippen MR) is 122 cm³/mol. The van der Waals surface area contributed by atoms with E-state index in [-0.39, 0.29) is 18.9 Å². The maximum absolute atomic E-state index is 13.0. The summed E-state index contributed by atoms with van der Waals surface area (Å²) >= 11 is 0. The number of nitrogens with two attached hydrogens (primary N) is 1. The molecule has 0 bridgehead atoms. The van der Waals surface area contributed by atoms with Crippen molar-refractivity contribution in [1.29, 1.82) is 0 Å². The van der Waals surface area contributed by atoms with E-state index in [0.29, 0.717) is 0 Å². The highest BCUT2D eigenvalue weighted by Gasteiger charge is 2.28. The molecular formula is C24H28N4O4. The molecule has 2 atom stereocenters. The average molecular weight is 437 g/mol. The second-order valence-electron chi connectivity index (χ2n) is 7.95. The van der Waals surface area contributed by atoms with Crippen molar-refractivity contribution in [1.82, 2.24) is 15.6 Å². The zero-order valence-electron chi connectivity index (χ0n) is 18.1. The number of nitrogens with one attached hydrogen (secondary N) is 3. The van der Waals surface area contributed by atoms with Gasteiger partial charge in [0.15, 0.2) is 0 Å². The van der Waals surface area contributed by atoms with Gasteiger partial charge in [-0.05, 0) is 23.1 Å². The molecule has 0 radical (unpaired) electrons. The van der Waals surface area contributed by atoms with E-state index in [2.05, 4.69) is 15.6 Å². The molecule has 0 aliphatic rings. The third kappa shape index (κ3) is 5.87. The minimum Gasteiger partial charge on any atom is -0.445 e. The number of para-hydroxylation sites is 1. The van der Waals surface area contributed by atoms with Crippen molar-refractivity contribution in [3.63, 3.8) is 0 Å². The summed E-state index contributed by atoms with van der Waals surface area (Å²) in [5.41, 5.74) is 8.04. The van der Waals surface area contributed by atoms with E-state index in [9.17, 15) is 14.4 Å². The van der Waals surface area contributed by atoms with Gasteiger partial charge in [-0.1, -0.05) is 62.4 Å². The van der Waals surface area contributed by atoms with Crippen LogP contribution in [-0.2, 0) is 27.4 Å². The molecule has 1 heterocycles. The molecule has 3 aromatic rings. The standard InChI is InChI=1S/C24H28N4O4/c1-15(2)21(22(25)29)28-23(30)20(12-17-13-26-19-11-7-6-10-18(17)19)27-24(31)32-14-16-8-4-3-5-9-16/h3-11,13,15,20-21,26H,12,14H2,1-2H3,(H2,25,29)(H,27,31)(H,28,30). The number of carbonyl (C=O) groups excluding carboxylic acids is 3. The maximum atomic E-state index is 13.0. The molecule has 5 N–H and O–H groups in total. The lowest BCUT2D eigenvalue weighted by Crippen LogP contribution is -2.55. The van der Waals surface area contributed by atoms with E-state index in [1.165, 1.54) is 0 Å². The van der Waals surface area contributed by atoms with Crippen molar-refractivity contribution in [2.75, 3.05) is 0 Å². The van der Waals surface area contributed by atoms with E-state index in [1.54, 1.807) is 20.0 Å². The molecule has 0 aliphatic carbocycles. The quantitative estimate of drug-likeness (QED) is 0.411. The van der Waals surface area contributed by atoms with Crippen LogP contribution in [0.1, 0.15) is 25.0 Å². The number of aromatic nitrogens is 1. The van der Waals surface area contributed by atoms with Crippen molar-refractivity contribution in [3.05, 3.63) is 71.9 Å². The number of aromatic amines is 1. The summed E-state index contributed by atoms with van der Waals surface area (Å²) < 4.78 is 5.29. The third-order valence-corrected chi connectivity index (χ3v) is 5.19. The molecule has 32 heavy (non-hydrogen) atoms. The fraction of sp³-hybridized carbons (Fsp3) is 0.292. The summed E-state index contributed by atoms with van der Waals surface area (Å²) in [5, 5.41) is 6.24. The molecule has 0 saturated heterocycles. The first-order valence-corrected chi connectivity index (χ1v) is 10.5. The van der Waals surface area contributed by atoms with Crippen molar-refractivity contribution in [2.24, 2.45) is 11.7 Å². The van der Waals surface area contributed by atoms with Gasteiger partial charge in [-0.2, -0.15) is 0 Å². The molecule has 3 amide bonds. The van der Waals surface area contributed by atoms with Gasteiger partial charge in [-0.25, -0.2) is 4.79 Å². The van der Waals surface area contributed by atoms with Gasteiger partial charge in [0, 0.05) is 23.5 Å². The van der Waals surface area contributed by atoms with Gasteiger partial charge in [0.2, 0.25) is 11.8 Å². The average Bonchev–Trinajstić information content (AvgIpc) is 3.18. The van der Waals surface area contributed by atoms with Crippen LogP contribution in [0, 0.1) is 5.92 Å². The lowest BCUT2D eigenvalue weighted by molar-refractivity contribution is -0.129. The molecule has 8 heteroatoms. The van der Waals surface area contributed by atoms with Gasteiger partial charge >= 0.3 is 6.09 Å². The second kappa shape index (κ2) is 10.5. The Bertz CT molecular complexity index is 1080. The number of ether oxygens (including phenoxy) is 1. The van der Waals surface area contributed by atoms with Crippen LogP contribution >= 0.6 is 0 Å². The fourth-order valence-corrected chi connectivity index (χ4v) is 3.46. The number of benzene rings is 2. The molecule has 8 nitrogen and oxygen atoms in total. The number of fused-ring (bicyclic) bond motifs is 1. The van der Waals surface area contributed by atoms with E-state index in [0.717, 1.165) is 22.0 Å². The molecule has 2 aromatic carbocycles. The van der Waals surface area contributed by atoms with Gasteiger partial charge in [0.1, 0.15) is 18.7 Å². The minimum absolute atomic E-state index is 0.0734. The summed E-state index contributed by atoms with van der Waals surface area (Å²) in [7, 11) is 0. The monoisotopic (exact) mass is 436 g/mol. The first-order chi connectivity index (χ1) is 15.3. The summed E-state index contributed by atoms with van der Waals surface area (Å²) in [6.07, 6.45) is 1.28. The number of H-pyrrole nitrogens is 1. The van der Waals surface area contributed by atoms with Crippen molar-refractivity contribution >= 4 is 28.8 Å². The first kappa shape index (κ1) is 22.9. The van der Waals surface area contributed by atoms with Crippen LogP contribution in [0.4, 0.5) is 4.79 Å². The Labute approximate surface area is 186 Å². The largest absolute Gasteiger partial charge is 0.445 e. The normalized spacial score (nSPS) is 12.8. The molecule has 2 unspecified atom stereocenters.